The number of nitrogens with zero attached hydrogens (tertiary/aromatic N) is 4. The first kappa shape index (κ1) is 19.7. The third-order valence-electron chi connectivity index (χ3n) is 4.49. The molecular weight excluding hydrogens is 398 g/mol. The van der Waals surface area contributed by atoms with Gasteiger partial charge in [0.25, 0.3) is 11.5 Å². The molecule has 30 heavy (non-hydrogen) atoms. The number of aryl methyl sites for hydroxylation is 1. The summed E-state index contributed by atoms with van der Waals surface area (Å²) in [6.07, 6.45) is 5.07. The maximum absolute atomic E-state index is 12.6. The van der Waals surface area contributed by atoms with Crippen LogP contribution in [0, 0.1) is 6.92 Å². The summed E-state index contributed by atoms with van der Waals surface area (Å²) in [7, 11) is 0. The quantitative estimate of drug-likeness (QED) is 0.521. The Labute approximate surface area is 177 Å². The second kappa shape index (κ2) is 8.79. The van der Waals surface area contributed by atoms with Crippen molar-refractivity contribution in [2.45, 2.75) is 20.0 Å². The number of nitrogens with one attached hydrogen (secondary N) is 1. The van der Waals surface area contributed by atoms with E-state index in [1.165, 1.54) is 11.3 Å². The SMILES string of the molecule is Cc1nc(-c2ncccn2)sc1C(=O)NCc1ccc(Cn2ccccc2=O)cc1. The summed E-state index contributed by atoms with van der Waals surface area (Å²) in [6.45, 7) is 2.72. The Hall–Kier alpha value is -3.65. The lowest BCUT2D eigenvalue weighted by Gasteiger charge is -2.08. The van der Waals surface area contributed by atoms with E-state index < -0.39 is 0 Å². The van der Waals surface area contributed by atoms with Gasteiger partial charge in [-0.25, -0.2) is 15.0 Å². The van der Waals surface area contributed by atoms with Crippen molar-refractivity contribution in [1.29, 1.82) is 0 Å². The Morgan fingerprint density at radius 2 is 1.77 bits per heavy atom. The van der Waals surface area contributed by atoms with E-state index in [0.717, 1.165) is 11.1 Å². The molecule has 0 atom stereocenters. The minimum absolute atomic E-state index is 0.0333. The maximum Gasteiger partial charge on any atom is 0.263 e. The van der Waals surface area contributed by atoms with Crippen molar-refractivity contribution in [3.8, 4) is 10.8 Å². The molecule has 0 saturated carbocycles. The van der Waals surface area contributed by atoms with Crippen LogP contribution in [0.2, 0.25) is 0 Å². The van der Waals surface area contributed by atoms with E-state index in [4.69, 9.17) is 0 Å². The number of aromatic nitrogens is 4. The van der Waals surface area contributed by atoms with Crippen LogP contribution in [0.1, 0.15) is 26.5 Å². The summed E-state index contributed by atoms with van der Waals surface area (Å²) in [5.74, 6) is 0.338. The van der Waals surface area contributed by atoms with Crippen LogP contribution in [0.3, 0.4) is 0 Å². The second-order valence-corrected chi connectivity index (χ2v) is 7.67. The highest BCUT2D eigenvalue weighted by molar-refractivity contribution is 7.17. The lowest BCUT2D eigenvalue weighted by atomic mass is 10.1. The average molecular weight is 417 g/mol. The summed E-state index contributed by atoms with van der Waals surface area (Å²) in [5.41, 5.74) is 2.61. The third-order valence-corrected chi connectivity index (χ3v) is 5.64. The molecule has 1 amide bonds. The highest BCUT2D eigenvalue weighted by Gasteiger charge is 2.17. The topological polar surface area (TPSA) is 89.8 Å². The molecule has 1 N–H and O–H groups in total. The van der Waals surface area contributed by atoms with Crippen LogP contribution in [0.4, 0.5) is 0 Å². The van der Waals surface area contributed by atoms with Crippen LogP contribution >= 0.6 is 11.3 Å². The number of hydrogen-bond acceptors (Lipinski definition) is 6. The Kier molecular flexibility index (Phi) is 5.76. The van der Waals surface area contributed by atoms with Crippen LogP contribution in [0.15, 0.2) is 71.9 Å². The van der Waals surface area contributed by atoms with Gasteiger partial charge >= 0.3 is 0 Å². The van der Waals surface area contributed by atoms with Gasteiger partial charge in [0.2, 0.25) is 0 Å². The molecule has 1 aromatic carbocycles. The van der Waals surface area contributed by atoms with E-state index >= 15 is 0 Å². The van der Waals surface area contributed by atoms with Gasteiger partial charge in [-0.3, -0.25) is 9.59 Å². The molecule has 0 aliphatic rings. The predicted octanol–water partition coefficient (Wildman–Crippen LogP) is 3.05. The highest BCUT2D eigenvalue weighted by atomic mass is 32.1. The molecule has 3 aromatic heterocycles. The molecule has 0 saturated heterocycles. The molecule has 0 spiro atoms. The number of rotatable bonds is 6. The standard InChI is InChI=1S/C22H19N5O2S/c1-15-19(30-22(26-15)20-23-10-4-11-24-20)21(29)25-13-16-6-8-17(9-7-16)14-27-12-3-2-5-18(27)28/h2-12H,13-14H2,1H3,(H,25,29). The number of hydrogen-bond donors (Lipinski definition) is 1. The van der Waals surface area contributed by atoms with Gasteiger partial charge in [-0.05, 0) is 30.2 Å². The Bertz CT molecular complexity index is 1220. The average Bonchev–Trinajstić information content (AvgIpc) is 3.17. The van der Waals surface area contributed by atoms with Gasteiger partial charge in [0.15, 0.2) is 10.8 Å². The van der Waals surface area contributed by atoms with Gasteiger partial charge in [0.05, 0.1) is 12.2 Å². The van der Waals surface area contributed by atoms with Crippen LogP contribution in [-0.4, -0.2) is 25.4 Å². The van der Waals surface area contributed by atoms with Gasteiger partial charge in [-0.15, -0.1) is 11.3 Å². The van der Waals surface area contributed by atoms with Crippen LogP contribution in [0.5, 0.6) is 0 Å². The van der Waals surface area contributed by atoms with Gasteiger partial charge in [0.1, 0.15) is 4.88 Å². The first-order valence-electron chi connectivity index (χ1n) is 9.36. The lowest BCUT2D eigenvalue weighted by Crippen LogP contribution is -2.22. The van der Waals surface area contributed by atoms with Crippen LogP contribution in [0.25, 0.3) is 10.8 Å². The van der Waals surface area contributed by atoms with E-state index in [9.17, 15) is 9.59 Å². The van der Waals surface area contributed by atoms with Gasteiger partial charge in [-0.1, -0.05) is 30.3 Å². The number of amides is 1. The van der Waals surface area contributed by atoms with Crippen LogP contribution < -0.4 is 10.9 Å². The first-order valence-corrected chi connectivity index (χ1v) is 10.2. The molecule has 0 bridgehead atoms. The monoisotopic (exact) mass is 417 g/mol. The molecule has 0 radical (unpaired) electrons. The summed E-state index contributed by atoms with van der Waals surface area (Å²) in [5, 5.41) is 3.56. The third kappa shape index (κ3) is 4.49. The summed E-state index contributed by atoms with van der Waals surface area (Å²) < 4.78 is 1.65. The largest absolute Gasteiger partial charge is 0.347 e. The molecule has 150 valence electrons. The first-order chi connectivity index (χ1) is 14.6. The van der Waals surface area contributed by atoms with Crippen molar-refractivity contribution >= 4 is 17.2 Å². The molecule has 3 heterocycles. The zero-order valence-corrected chi connectivity index (χ0v) is 17.1. The van der Waals surface area contributed by atoms with Crippen molar-refractivity contribution in [3.63, 3.8) is 0 Å². The minimum atomic E-state index is -0.174. The minimum Gasteiger partial charge on any atom is -0.347 e. The molecule has 7 nitrogen and oxygen atoms in total. The number of thiazole rings is 1. The maximum atomic E-state index is 12.6. The summed E-state index contributed by atoms with van der Waals surface area (Å²) in [4.78, 5) is 37.8. The van der Waals surface area contributed by atoms with Crippen molar-refractivity contribution in [2.75, 3.05) is 0 Å². The van der Waals surface area contributed by atoms with Crippen molar-refractivity contribution < 1.29 is 4.79 Å². The van der Waals surface area contributed by atoms with Crippen molar-refractivity contribution in [1.82, 2.24) is 24.8 Å². The molecule has 0 fully saturated rings. The molecule has 0 aliphatic heterocycles. The van der Waals surface area contributed by atoms with E-state index in [0.29, 0.717) is 34.5 Å². The second-order valence-electron chi connectivity index (χ2n) is 6.67. The fraction of sp³-hybridized carbons (Fsp3) is 0.136. The molecule has 4 rings (SSSR count). The van der Waals surface area contributed by atoms with E-state index in [1.54, 1.807) is 48.3 Å². The smallest absolute Gasteiger partial charge is 0.263 e. The van der Waals surface area contributed by atoms with Crippen molar-refractivity contribution in [2.24, 2.45) is 0 Å². The van der Waals surface area contributed by atoms with E-state index in [-0.39, 0.29) is 11.5 Å². The molecule has 8 heteroatoms. The zero-order valence-electron chi connectivity index (χ0n) is 16.3. The van der Waals surface area contributed by atoms with E-state index in [1.807, 2.05) is 30.3 Å². The Balaban J connectivity index is 1.39. The van der Waals surface area contributed by atoms with Crippen LogP contribution in [-0.2, 0) is 13.1 Å². The number of carbonyl (C=O) groups excluding carboxylic acids is 1. The fourth-order valence-electron chi connectivity index (χ4n) is 2.93. The molecule has 0 aliphatic carbocycles. The van der Waals surface area contributed by atoms with Crippen molar-refractivity contribution in [3.05, 3.63) is 99.2 Å². The van der Waals surface area contributed by atoms with Gasteiger partial charge in [-0.2, -0.15) is 0 Å². The number of carbonyl (C=O) groups is 1. The number of benzene rings is 1. The van der Waals surface area contributed by atoms with E-state index in [2.05, 4.69) is 20.3 Å². The normalized spacial score (nSPS) is 10.7. The molecular formula is C22H19N5O2S. The van der Waals surface area contributed by atoms with Gasteiger partial charge in [0, 0.05) is 31.2 Å². The predicted molar refractivity (Wildman–Crippen MR) is 115 cm³/mol. The molecule has 4 aromatic rings. The number of pyridine rings is 1. The van der Waals surface area contributed by atoms with Gasteiger partial charge < -0.3 is 9.88 Å². The Morgan fingerprint density at radius 3 is 2.50 bits per heavy atom. The highest BCUT2D eigenvalue weighted by Crippen LogP contribution is 2.25. The Morgan fingerprint density at radius 1 is 1.03 bits per heavy atom. The zero-order chi connectivity index (χ0) is 20.9. The summed E-state index contributed by atoms with van der Waals surface area (Å²) >= 11 is 1.28. The lowest BCUT2D eigenvalue weighted by molar-refractivity contribution is 0.0954. The summed E-state index contributed by atoms with van der Waals surface area (Å²) in [6, 6.07) is 14.7. The fourth-order valence-corrected chi connectivity index (χ4v) is 3.86. The molecule has 0 unspecified atom stereocenters.